The minimum absolute atomic E-state index is 0.594. The van der Waals surface area contributed by atoms with Gasteiger partial charge in [0.2, 0.25) is 0 Å². The Labute approximate surface area is 196 Å². The molecule has 2 aromatic rings. The van der Waals surface area contributed by atoms with E-state index in [0.29, 0.717) is 17.5 Å². The van der Waals surface area contributed by atoms with Crippen LogP contribution in [0.4, 0.5) is 5.69 Å². The maximum absolute atomic E-state index is 5.96. The number of nitrogens with zero attached hydrogens (tertiary/aromatic N) is 3. The minimum Gasteiger partial charge on any atom is -0.493 e. The molecule has 0 amide bonds. The first-order valence-electron chi connectivity index (χ1n) is 11.4. The maximum atomic E-state index is 5.96. The molecule has 0 saturated carbocycles. The molecule has 3 N–H and O–H groups in total. The lowest BCUT2D eigenvalue weighted by molar-refractivity contribution is 0.224. The number of methoxy groups -OCH3 is 1. The Morgan fingerprint density at radius 3 is 2.75 bits per heavy atom. The van der Waals surface area contributed by atoms with E-state index in [4.69, 9.17) is 21.7 Å². The molecule has 0 aliphatic carbocycles. The van der Waals surface area contributed by atoms with Crippen molar-refractivity contribution in [2.24, 2.45) is 0 Å². The number of thiocarbonyl (C=S) groups is 1. The van der Waals surface area contributed by atoms with Crippen LogP contribution in [0.2, 0.25) is 0 Å². The molecule has 2 heterocycles. The standard InChI is InChI=1S/C23H36N6O2S/c1-19-17-25-18-29(19)12-5-8-26-23(32)27-20-6-7-21(22(16-20)30-2)31-15-4-3-11-28-13-9-24-10-14-28/h6-7,16-18,24H,3-5,8-15H2,1-2H3,(H2,26,27,32). The van der Waals surface area contributed by atoms with Gasteiger partial charge in [0.1, 0.15) is 0 Å². The molecular formula is C23H36N6O2S. The molecule has 1 saturated heterocycles. The Morgan fingerprint density at radius 2 is 2.00 bits per heavy atom. The van der Waals surface area contributed by atoms with Crippen molar-refractivity contribution in [3.05, 3.63) is 36.4 Å². The Bertz CT molecular complexity index is 838. The van der Waals surface area contributed by atoms with Crippen molar-refractivity contribution < 1.29 is 9.47 Å². The van der Waals surface area contributed by atoms with E-state index >= 15 is 0 Å². The number of aryl methyl sites for hydroxylation is 2. The van der Waals surface area contributed by atoms with Gasteiger partial charge in [0.15, 0.2) is 16.6 Å². The number of ether oxygens (including phenoxy) is 2. The van der Waals surface area contributed by atoms with E-state index in [-0.39, 0.29) is 0 Å². The van der Waals surface area contributed by atoms with Crippen LogP contribution < -0.4 is 25.4 Å². The number of piperazine rings is 1. The van der Waals surface area contributed by atoms with Crippen molar-refractivity contribution in [1.82, 2.24) is 25.1 Å². The second-order valence-corrected chi connectivity index (χ2v) is 8.38. The van der Waals surface area contributed by atoms with E-state index in [9.17, 15) is 0 Å². The lowest BCUT2D eigenvalue weighted by Crippen LogP contribution is -2.43. The first-order valence-corrected chi connectivity index (χ1v) is 11.8. The summed E-state index contributed by atoms with van der Waals surface area (Å²) in [4.78, 5) is 6.65. The zero-order valence-corrected chi connectivity index (χ0v) is 20.0. The number of benzene rings is 1. The van der Waals surface area contributed by atoms with Gasteiger partial charge in [-0.2, -0.15) is 0 Å². The van der Waals surface area contributed by atoms with Crippen molar-refractivity contribution in [2.45, 2.75) is 32.7 Å². The van der Waals surface area contributed by atoms with Gasteiger partial charge in [0.25, 0.3) is 0 Å². The largest absolute Gasteiger partial charge is 0.493 e. The molecule has 1 aliphatic rings. The molecular weight excluding hydrogens is 424 g/mol. The highest BCUT2D eigenvalue weighted by atomic mass is 32.1. The summed E-state index contributed by atoms with van der Waals surface area (Å²) < 4.78 is 13.6. The fraction of sp³-hybridized carbons (Fsp3) is 0.565. The number of hydrogen-bond donors (Lipinski definition) is 3. The van der Waals surface area contributed by atoms with Gasteiger partial charge in [-0.1, -0.05) is 0 Å². The van der Waals surface area contributed by atoms with E-state index in [2.05, 4.69) is 37.3 Å². The van der Waals surface area contributed by atoms with E-state index in [0.717, 1.165) is 76.5 Å². The van der Waals surface area contributed by atoms with Crippen LogP contribution in [-0.4, -0.2) is 72.5 Å². The van der Waals surface area contributed by atoms with E-state index in [1.165, 1.54) is 5.69 Å². The first-order chi connectivity index (χ1) is 15.7. The van der Waals surface area contributed by atoms with Crippen molar-refractivity contribution >= 4 is 23.0 Å². The summed E-state index contributed by atoms with van der Waals surface area (Å²) in [5.41, 5.74) is 2.04. The van der Waals surface area contributed by atoms with Gasteiger partial charge in [-0.15, -0.1) is 0 Å². The van der Waals surface area contributed by atoms with Crippen LogP contribution in [0, 0.1) is 6.92 Å². The van der Waals surface area contributed by atoms with Crippen LogP contribution in [0.25, 0.3) is 0 Å². The lowest BCUT2D eigenvalue weighted by Gasteiger charge is -2.27. The van der Waals surface area contributed by atoms with E-state index < -0.39 is 0 Å². The fourth-order valence-electron chi connectivity index (χ4n) is 3.67. The van der Waals surface area contributed by atoms with Gasteiger partial charge in [-0.25, -0.2) is 4.98 Å². The fourth-order valence-corrected chi connectivity index (χ4v) is 3.89. The van der Waals surface area contributed by atoms with Crippen LogP contribution in [0.5, 0.6) is 11.5 Å². The number of nitrogens with one attached hydrogen (secondary N) is 3. The Balaban J connectivity index is 1.35. The highest BCUT2D eigenvalue weighted by Gasteiger charge is 2.10. The molecule has 32 heavy (non-hydrogen) atoms. The van der Waals surface area contributed by atoms with Gasteiger partial charge in [0.05, 0.1) is 20.0 Å². The average molecular weight is 461 g/mol. The van der Waals surface area contributed by atoms with Crippen LogP contribution in [0.3, 0.4) is 0 Å². The van der Waals surface area contributed by atoms with E-state index in [1.54, 1.807) is 7.11 Å². The second-order valence-electron chi connectivity index (χ2n) is 7.98. The summed E-state index contributed by atoms with van der Waals surface area (Å²) in [7, 11) is 1.66. The number of aromatic nitrogens is 2. The molecule has 0 bridgehead atoms. The zero-order valence-electron chi connectivity index (χ0n) is 19.2. The van der Waals surface area contributed by atoms with Gasteiger partial charge in [0, 0.05) is 62.9 Å². The summed E-state index contributed by atoms with van der Waals surface area (Å²) in [6.07, 6.45) is 6.86. The van der Waals surface area contributed by atoms with E-state index in [1.807, 2.05) is 30.7 Å². The van der Waals surface area contributed by atoms with Crippen molar-refractivity contribution in [3.8, 4) is 11.5 Å². The molecule has 0 radical (unpaired) electrons. The third-order valence-electron chi connectivity index (χ3n) is 5.54. The quantitative estimate of drug-likeness (QED) is 0.330. The topological polar surface area (TPSA) is 75.6 Å². The third kappa shape index (κ3) is 7.96. The van der Waals surface area contributed by atoms with Gasteiger partial charge in [-0.3, -0.25) is 0 Å². The molecule has 1 aliphatic heterocycles. The molecule has 1 aromatic heterocycles. The molecule has 1 fully saturated rings. The van der Waals surface area contributed by atoms with Crippen molar-refractivity contribution in [3.63, 3.8) is 0 Å². The third-order valence-corrected chi connectivity index (χ3v) is 5.79. The maximum Gasteiger partial charge on any atom is 0.170 e. The molecule has 0 unspecified atom stereocenters. The number of unbranched alkanes of at least 4 members (excludes halogenated alkanes) is 1. The smallest absolute Gasteiger partial charge is 0.170 e. The number of anilines is 1. The highest BCUT2D eigenvalue weighted by molar-refractivity contribution is 7.80. The molecule has 1 aromatic carbocycles. The van der Waals surface area contributed by atoms with Crippen LogP contribution >= 0.6 is 12.2 Å². The minimum atomic E-state index is 0.594. The van der Waals surface area contributed by atoms with Gasteiger partial charge in [-0.05, 0) is 57.1 Å². The van der Waals surface area contributed by atoms with Gasteiger partial charge >= 0.3 is 0 Å². The molecule has 176 valence electrons. The average Bonchev–Trinajstić information content (AvgIpc) is 3.22. The summed E-state index contributed by atoms with van der Waals surface area (Å²) in [5, 5.41) is 10.4. The summed E-state index contributed by atoms with van der Waals surface area (Å²) >= 11 is 5.42. The monoisotopic (exact) mass is 460 g/mol. The Hall–Kier alpha value is -2.36. The summed E-state index contributed by atoms with van der Waals surface area (Å²) in [6.45, 7) is 10.1. The normalized spacial score (nSPS) is 14.2. The molecule has 9 heteroatoms. The van der Waals surface area contributed by atoms with Crippen LogP contribution in [0.15, 0.2) is 30.7 Å². The summed E-state index contributed by atoms with van der Waals surface area (Å²) in [5.74, 6) is 1.46. The van der Waals surface area contributed by atoms with Crippen LogP contribution in [-0.2, 0) is 6.54 Å². The van der Waals surface area contributed by atoms with Crippen molar-refractivity contribution in [2.75, 3.05) is 58.3 Å². The number of imidazole rings is 1. The molecule has 3 rings (SSSR count). The lowest BCUT2D eigenvalue weighted by atomic mass is 10.2. The number of hydrogen-bond acceptors (Lipinski definition) is 6. The Morgan fingerprint density at radius 1 is 1.16 bits per heavy atom. The SMILES string of the molecule is COc1cc(NC(=S)NCCCn2cncc2C)ccc1OCCCCN1CCNCC1. The molecule has 0 spiro atoms. The Kier molecular flexibility index (Phi) is 10.1. The van der Waals surface area contributed by atoms with Crippen LogP contribution in [0.1, 0.15) is 25.0 Å². The molecule has 0 atom stereocenters. The predicted molar refractivity (Wildman–Crippen MR) is 133 cm³/mol. The number of rotatable bonds is 12. The summed E-state index contributed by atoms with van der Waals surface area (Å²) in [6, 6.07) is 5.81. The zero-order chi connectivity index (χ0) is 22.6. The van der Waals surface area contributed by atoms with Crippen molar-refractivity contribution in [1.29, 1.82) is 0 Å². The highest BCUT2D eigenvalue weighted by Crippen LogP contribution is 2.30. The second kappa shape index (κ2) is 13.2. The predicted octanol–water partition coefficient (Wildman–Crippen LogP) is 2.64. The first kappa shape index (κ1) is 24.3. The van der Waals surface area contributed by atoms with Gasteiger partial charge < -0.3 is 34.9 Å². The molecule has 8 nitrogen and oxygen atoms in total.